The van der Waals surface area contributed by atoms with Crippen molar-refractivity contribution in [3.63, 3.8) is 0 Å². The highest BCUT2D eigenvalue weighted by atomic mass is 32.2. The minimum Gasteiger partial charge on any atom is -0.493 e. The first-order valence-corrected chi connectivity index (χ1v) is 16.5. The van der Waals surface area contributed by atoms with Crippen LogP contribution in [-0.4, -0.2) is 34.6 Å². The summed E-state index contributed by atoms with van der Waals surface area (Å²) in [5, 5.41) is 6.86. The van der Waals surface area contributed by atoms with Crippen molar-refractivity contribution in [3.05, 3.63) is 131 Å². The predicted octanol–water partition coefficient (Wildman–Crippen LogP) is 7.76. The number of ether oxygens (including phenoxy) is 1. The molecule has 0 radical (unpaired) electrons. The Morgan fingerprint density at radius 2 is 1.57 bits per heavy atom. The van der Waals surface area contributed by atoms with E-state index in [9.17, 15) is 14.4 Å². The molecule has 46 heavy (non-hydrogen) atoms. The third-order valence-electron chi connectivity index (χ3n) is 7.95. The normalized spacial score (nSPS) is 12.8. The Hall–Kier alpha value is -5.08. The Labute approximate surface area is 272 Å². The molecule has 0 atom stereocenters. The van der Waals surface area contributed by atoms with E-state index in [-0.39, 0.29) is 11.6 Å². The lowest BCUT2D eigenvalue weighted by Crippen LogP contribution is -2.30. The van der Waals surface area contributed by atoms with Crippen molar-refractivity contribution in [2.24, 2.45) is 0 Å². The molecule has 8 heteroatoms. The quantitative estimate of drug-likeness (QED) is 0.122. The Bertz CT molecular complexity index is 1910. The van der Waals surface area contributed by atoms with E-state index in [1.54, 1.807) is 42.5 Å². The van der Waals surface area contributed by atoms with Gasteiger partial charge in [0.2, 0.25) is 5.91 Å². The van der Waals surface area contributed by atoms with Gasteiger partial charge in [-0.25, -0.2) is 0 Å². The molecule has 2 N–H and O–H groups in total. The monoisotopic (exact) mass is 629 g/mol. The number of carbonyl (C=O) groups excluding carboxylic acids is 3. The number of rotatable bonds is 10. The van der Waals surface area contributed by atoms with Crippen LogP contribution in [0.1, 0.15) is 51.7 Å². The van der Waals surface area contributed by atoms with Gasteiger partial charge in [-0.2, -0.15) is 0 Å². The number of hydrogen-bond acceptors (Lipinski definition) is 5. The lowest BCUT2D eigenvalue weighted by Gasteiger charge is -2.15. The molecule has 1 aromatic heterocycles. The number of amides is 2. The van der Waals surface area contributed by atoms with Gasteiger partial charge in [0.15, 0.2) is 0 Å². The molecule has 0 saturated heterocycles. The molecule has 2 amide bonds. The average molecular weight is 630 g/mol. The zero-order valence-corrected chi connectivity index (χ0v) is 26.4. The van der Waals surface area contributed by atoms with E-state index >= 15 is 0 Å². The molecule has 1 aliphatic rings. The van der Waals surface area contributed by atoms with Crippen molar-refractivity contribution in [3.8, 4) is 5.75 Å². The Kier molecular flexibility index (Phi) is 9.65. The first kappa shape index (κ1) is 30.9. The Morgan fingerprint density at radius 3 is 2.37 bits per heavy atom. The van der Waals surface area contributed by atoms with Gasteiger partial charge < -0.3 is 15.4 Å². The molecule has 4 aromatic carbocycles. The smallest absolute Gasteiger partial charge is 0.272 e. The summed E-state index contributed by atoms with van der Waals surface area (Å²) in [7, 11) is 0. The lowest BCUT2D eigenvalue weighted by molar-refractivity contribution is -0.113. The van der Waals surface area contributed by atoms with Crippen LogP contribution in [0, 0.1) is 0 Å². The zero-order chi connectivity index (χ0) is 31.9. The second-order valence-electron chi connectivity index (χ2n) is 11.0. The van der Waals surface area contributed by atoms with Crippen molar-refractivity contribution >= 4 is 52.1 Å². The number of thioether (sulfide) groups is 1. The first-order chi connectivity index (χ1) is 22.5. The number of benzene rings is 4. The standard InChI is InChI=1S/C38H35N3O4S/c1-2-45-35-19-11-6-14-27(35)24-32(40-37(43)26-12-4-3-5-13-26)38(44)39-28-20-22-29(23-21-28)46-25-36(42)41-33-17-9-7-15-30(33)31-16-8-10-18-34(31)41/h3-7,9,11-15,17,19-24H,2,8,10,16,18,25H2,1H3,(H,39,44)(H,40,43)/b32-24-. The van der Waals surface area contributed by atoms with Gasteiger partial charge in [-0.05, 0) is 92.8 Å². The summed E-state index contributed by atoms with van der Waals surface area (Å²) in [5.41, 5.74) is 5.19. The lowest BCUT2D eigenvalue weighted by atomic mass is 9.96. The van der Waals surface area contributed by atoms with E-state index in [0.29, 0.717) is 34.9 Å². The summed E-state index contributed by atoms with van der Waals surface area (Å²) in [6.45, 7) is 2.35. The number of para-hydroxylation sites is 2. The molecule has 232 valence electrons. The van der Waals surface area contributed by atoms with Crippen LogP contribution < -0.4 is 15.4 Å². The van der Waals surface area contributed by atoms with Crippen LogP contribution in [0.2, 0.25) is 0 Å². The van der Waals surface area contributed by atoms with Gasteiger partial charge in [-0.3, -0.25) is 19.0 Å². The fraction of sp³-hybridized carbons (Fsp3) is 0.184. The fourth-order valence-corrected chi connectivity index (χ4v) is 6.56. The molecule has 1 aliphatic carbocycles. The van der Waals surface area contributed by atoms with E-state index < -0.39 is 11.8 Å². The molecule has 5 aromatic rings. The maximum absolute atomic E-state index is 13.5. The molecule has 1 heterocycles. The summed E-state index contributed by atoms with van der Waals surface area (Å²) in [4.78, 5) is 41.0. The molecule has 0 bridgehead atoms. The summed E-state index contributed by atoms with van der Waals surface area (Å²) in [6, 6.07) is 31.6. The Balaban J connectivity index is 1.16. The maximum atomic E-state index is 13.5. The number of aryl methyl sites for hydroxylation is 1. The molecular weight excluding hydrogens is 595 g/mol. The van der Waals surface area contributed by atoms with Crippen LogP contribution in [0.15, 0.2) is 114 Å². The van der Waals surface area contributed by atoms with Crippen molar-refractivity contribution in [1.82, 2.24) is 9.88 Å². The third-order valence-corrected chi connectivity index (χ3v) is 8.95. The Morgan fingerprint density at radius 1 is 0.848 bits per heavy atom. The highest BCUT2D eigenvalue weighted by Crippen LogP contribution is 2.33. The topological polar surface area (TPSA) is 89.4 Å². The highest BCUT2D eigenvalue weighted by molar-refractivity contribution is 8.00. The second kappa shape index (κ2) is 14.3. The van der Waals surface area contributed by atoms with Crippen LogP contribution in [0.4, 0.5) is 5.69 Å². The molecule has 0 aliphatic heterocycles. The largest absolute Gasteiger partial charge is 0.493 e. The number of fused-ring (bicyclic) bond motifs is 3. The molecule has 0 saturated carbocycles. The molecule has 0 fully saturated rings. The fourth-order valence-electron chi connectivity index (χ4n) is 5.81. The van der Waals surface area contributed by atoms with Gasteiger partial charge in [-0.15, -0.1) is 11.8 Å². The summed E-state index contributed by atoms with van der Waals surface area (Å²) in [5.74, 6) is 0.0974. The first-order valence-electron chi connectivity index (χ1n) is 15.5. The van der Waals surface area contributed by atoms with E-state index in [4.69, 9.17) is 4.74 Å². The van der Waals surface area contributed by atoms with Crippen molar-refractivity contribution in [2.75, 3.05) is 17.7 Å². The average Bonchev–Trinajstić information content (AvgIpc) is 3.43. The van der Waals surface area contributed by atoms with Gasteiger partial charge in [0.25, 0.3) is 11.8 Å². The number of nitrogens with one attached hydrogen (secondary N) is 2. The van der Waals surface area contributed by atoms with Crippen LogP contribution in [0.25, 0.3) is 17.0 Å². The molecule has 0 spiro atoms. The summed E-state index contributed by atoms with van der Waals surface area (Å²) >= 11 is 1.47. The van der Waals surface area contributed by atoms with Crippen LogP contribution in [0.3, 0.4) is 0 Å². The molecule has 0 unspecified atom stereocenters. The SMILES string of the molecule is CCOc1ccccc1/C=C(\NC(=O)c1ccccc1)C(=O)Nc1ccc(SCC(=O)n2c3c(c4ccccc42)CCCC3)cc1. The summed E-state index contributed by atoms with van der Waals surface area (Å²) in [6.07, 6.45) is 5.81. The molecule has 6 rings (SSSR count). The van der Waals surface area contributed by atoms with Crippen molar-refractivity contribution in [1.29, 1.82) is 0 Å². The van der Waals surface area contributed by atoms with Gasteiger partial charge in [0.1, 0.15) is 11.4 Å². The third kappa shape index (κ3) is 6.92. The van der Waals surface area contributed by atoms with E-state index in [2.05, 4.69) is 16.7 Å². The van der Waals surface area contributed by atoms with Gasteiger partial charge in [0, 0.05) is 32.8 Å². The zero-order valence-electron chi connectivity index (χ0n) is 25.6. The number of carbonyl (C=O) groups is 3. The number of anilines is 1. The van der Waals surface area contributed by atoms with E-state index in [1.165, 1.54) is 22.7 Å². The number of aromatic nitrogens is 1. The molecule has 7 nitrogen and oxygen atoms in total. The highest BCUT2D eigenvalue weighted by Gasteiger charge is 2.23. The summed E-state index contributed by atoms with van der Waals surface area (Å²) < 4.78 is 7.66. The van der Waals surface area contributed by atoms with Crippen LogP contribution >= 0.6 is 11.8 Å². The van der Waals surface area contributed by atoms with Crippen LogP contribution in [-0.2, 0) is 17.6 Å². The van der Waals surface area contributed by atoms with Crippen LogP contribution in [0.5, 0.6) is 5.75 Å². The maximum Gasteiger partial charge on any atom is 0.272 e. The number of hydrogen-bond donors (Lipinski definition) is 2. The minimum atomic E-state index is -0.476. The second-order valence-corrected chi connectivity index (χ2v) is 12.0. The molecular formula is C38H35N3O4S. The van der Waals surface area contributed by atoms with Gasteiger partial charge >= 0.3 is 0 Å². The van der Waals surface area contributed by atoms with Crippen molar-refractivity contribution < 1.29 is 19.1 Å². The van der Waals surface area contributed by atoms with Gasteiger partial charge in [-0.1, -0.05) is 54.6 Å². The number of nitrogens with zero attached hydrogens (tertiary/aromatic N) is 1. The van der Waals surface area contributed by atoms with E-state index in [1.807, 2.05) is 72.2 Å². The van der Waals surface area contributed by atoms with E-state index in [0.717, 1.165) is 41.8 Å². The van der Waals surface area contributed by atoms with Gasteiger partial charge in [0.05, 0.1) is 17.9 Å². The van der Waals surface area contributed by atoms with Crippen molar-refractivity contribution in [2.45, 2.75) is 37.5 Å². The minimum absolute atomic E-state index is 0.0676. The predicted molar refractivity (Wildman–Crippen MR) is 184 cm³/mol.